The first-order chi connectivity index (χ1) is 8.48. The summed E-state index contributed by atoms with van der Waals surface area (Å²) in [5.74, 6) is -0.614. The van der Waals surface area contributed by atoms with Crippen LogP contribution in [0.15, 0.2) is 30.3 Å². The Morgan fingerprint density at radius 1 is 1.22 bits per heavy atom. The Labute approximate surface area is 107 Å². The molecule has 1 amide bonds. The normalized spacial score (nSPS) is 10.8. The minimum absolute atomic E-state index is 0.0943. The van der Waals surface area contributed by atoms with Gasteiger partial charge in [0, 0.05) is 0 Å². The average Bonchev–Trinajstić information content (AvgIpc) is 2.37. The number of hydrogen-bond acceptors (Lipinski definition) is 3. The van der Waals surface area contributed by atoms with E-state index in [9.17, 15) is 9.59 Å². The predicted octanol–water partition coefficient (Wildman–Crippen LogP) is 1.64. The number of benzene rings is 1. The van der Waals surface area contributed by atoms with Crippen molar-refractivity contribution in [3.8, 4) is 0 Å². The van der Waals surface area contributed by atoms with Gasteiger partial charge in [-0.15, -0.1) is 0 Å². The van der Waals surface area contributed by atoms with E-state index in [1.807, 2.05) is 44.2 Å². The largest absolute Gasteiger partial charge is 0.465 e. The molecule has 1 rings (SSSR count). The van der Waals surface area contributed by atoms with Gasteiger partial charge in [0.15, 0.2) is 0 Å². The van der Waals surface area contributed by atoms with Gasteiger partial charge in [0.05, 0.1) is 12.0 Å². The molecule has 0 saturated heterocycles. The molecule has 1 aromatic rings. The van der Waals surface area contributed by atoms with Crippen LogP contribution in [0, 0.1) is 0 Å². The Bertz CT molecular complexity index is 412. The van der Waals surface area contributed by atoms with Crippen LogP contribution in [0.3, 0.4) is 0 Å². The molecule has 0 radical (unpaired) electrons. The lowest BCUT2D eigenvalue weighted by Crippen LogP contribution is -2.42. The van der Waals surface area contributed by atoms with Crippen molar-refractivity contribution in [2.75, 3.05) is 13.2 Å². The van der Waals surface area contributed by atoms with E-state index in [0.717, 1.165) is 5.56 Å². The van der Waals surface area contributed by atoms with Crippen molar-refractivity contribution in [1.29, 1.82) is 0 Å². The zero-order chi connectivity index (χ0) is 13.6. The maximum absolute atomic E-state index is 12.1. The van der Waals surface area contributed by atoms with E-state index < -0.39 is 11.4 Å². The molecule has 0 aliphatic heterocycles. The Balaban J connectivity index is 2.63. The highest BCUT2D eigenvalue weighted by Crippen LogP contribution is 2.22. The third-order valence-electron chi connectivity index (χ3n) is 2.76. The van der Waals surface area contributed by atoms with Gasteiger partial charge >= 0.3 is 5.97 Å². The number of nitrogens with one attached hydrogen (secondary N) is 1. The molecule has 4 nitrogen and oxygen atoms in total. The lowest BCUT2D eigenvalue weighted by Gasteiger charge is -2.23. The van der Waals surface area contributed by atoms with Crippen molar-refractivity contribution >= 4 is 11.9 Å². The lowest BCUT2D eigenvalue weighted by molar-refractivity contribution is -0.143. The summed E-state index contributed by atoms with van der Waals surface area (Å²) >= 11 is 0. The summed E-state index contributed by atoms with van der Waals surface area (Å²) in [6.45, 7) is 5.60. The standard InChI is InChI=1S/C14H19NO3/c1-4-18-12(16)10-15-13(17)14(2,3)11-8-6-5-7-9-11/h5-9H,4,10H2,1-3H3,(H,15,17). The van der Waals surface area contributed by atoms with Crippen LogP contribution in [0.2, 0.25) is 0 Å². The summed E-state index contributed by atoms with van der Waals surface area (Å²) in [5.41, 5.74) is 0.236. The highest BCUT2D eigenvalue weighted by atomic mass is 16.5. The molecule has 0 fully saturated rings. The molecular weight excluding hydrogens is 230 g/mol. The minimum atomic E-state index is -0.673. The predicted molar refractivity (Wildman–Crippen MR) is 69.1 cm³/mol. The third kappa shape index (κ3) is 3.58. The van der Waals surface area contributed by atoms with Crippen LogP contribution < -0.4 is 5.32 Å². The number of carbonyl (C=O) groups excluding carboxylic acids is 2. The van der Waals surface area contributed by atoms with Crippen LogP contribution in [-0.2, 0) is 19.7 Å². The zero-order valence-electron chi connectivity index (χ0n) is 11.0. The van der Waals surface area contributed by atoms with Crippen LogP contribution in [0.5, 0.6) is 0 Å². The molecule has 0 aliphatic rings. The Kier molecular flexibility index (Phi) is 4.89. The first kappa shape index (κ1) is 14.2. The minimum Gasteiger partial charge on any atom is -0.465 e. The molecule has 0 atom stereocenters. The summed E-state index contributed by atoms with van der Waals surface area (Å²) < 4.78 is 4.76. The van der Waals surface area contributed by atoms with Crippen LogP contribution in [-0.4, -0.2) is 25.0 Å². The molecule has 4 heteroatoms. The summed E-state index contributed by atoms with van der Waals surface area (Å²) in [6.07, 6.45) is 0. The SMILES string of the molecule is CCOC(=O)CNC(=O)C(C)(C)c1ccccc1. The van der Waals surface area contributed by atoms with Gasteiger partial charge < -0.3 is 10.1 Å². The van der Waals surface area contributed by atoms with Crippen molar-refractivity contribution in [1.82, 2.24) is 5.32 Å². The van der Waals surface area contributed by atoms with Crippen LogP contribution in [0.1, 0.15) is 26.3 Å². The van der Waals surface area contributed by atoms with E-state index in [0.29, 0.717) is 6.61 Å². The molecule has 0 aromatic heterocycles. The van der Waals surface area contributed by atoms with Gasteiger partial charge in [0.25, 0.3) is 0 Å². The highest BCUT2D eigenvalue weighted by molar-refractivity contribution is 5.89. The first-order valence-electron chi connectivity index (χ1n) is 5.98. The van der Waals surface area contributed by atoms with Crippen LogP contribution >= 0.6 is 0 Å². The molecule has 0 spiro atoms. The molecule has 1 N–H and O–H groups in total. The quantitative estimate of drug-likeness (QED) is 0.807. The highest BCUT2D eigenvalue weighted by Gasteiger charge is 2.29. The molecule has 0 heterocycles. The lowest BCUT2D eigenvalue weighted by atomic mass is 9.84. The summed E-state index contributed by atoms with van der Waals surface area (Å²) in [7, 11) is 0. The maximum atomic E-state index is 12.1. The number of carbonyl (C=O) groups is 2. The molecule has 0 unspecified atom stereocenters. The van der Waals surface area contributed by atoms with E-state index in [4.69, 9.17) is 4.74 Å². The molecular formula is C14H19NO3. The van der Waals surface area contributed by atoms with Crippen molar-refractivity contribution in [3.05, 3.63) is 35.9 Å². The Morgan fingerprint density at radius 3 is 2.39 bits per heavy atom. The van der Waals surface area contributed by atoms with Crippen molar-refractivity contribution < 1.29 is 14.3 Å². The van der Waals surface area contributed by atoms with Gasteiger partial charge in [-0.1, -0.05) is 30.3 Å². The second-order valence-corrected chi connectivity index (χ2v) is 4.48. The molecule has 0 aliphatic carbocycles. The van der Waals surface area contributed by atoms with E-state index >= 15 is 0 Å². The van der Waals surface area contributed by atoms with Gasteiger partial charge in [0.1, 0.15) is 6.54 Å². The van der Waals surface area contributed by atoms with Crippen molar-refractivity contribution in [2.24, 2.45) is 0 Å². The smallest absolute Gasteiger partial charge is 0.325 e. The maximum Gasteiger partial charge on any atom is 0.325 e. The molecule has 0 bridgehead atoms. The molecule has 98 valence electrons. The van der Waals surface area contributed by atoms with E-state index in [1.54, 1.807) is 6.92 Å². The van der Waals surface area contributed by atoms with Crippen molar-refractivity contribution in [2.45, 2.75) is 26.2 Å². The van der Waals surface area contributed by atoms with Gasteiger partial charge in [-0.05, 0) is 26.3 Å². The number of esters is 1. The first-order valence-corrected chi connectivity index (χ1v) is 5.98. The van der Waals surface area contributed by atoms with Crippen LogP contribution in [0.25, 0.3) is 0 Å². The fourth-order valence-electron chi connectivity index (χ4n) is 1.57. The van der Waals surface area contributed by atoms with Gasteiger partial charge in [0.2, 0.25) is 5.91 Å². The fourth-order valence-corrected chi connectivity index (χ4v) is 1.57. The molecule has 0 saturated carbocycles. The summed E-state index contributed by atoms with van der Waals surface area (Å²) in [4.78, 5) is 23.2. The average molecular weight is 249 g/mol. The van der Waals surface area contributed by atoms with Gasteiger partial charge in [-0.2, -0.15) is 0 Å². The summed E-state index contributed by atoms with van der Waals surface area (Å²) in [5, 5.41) is 2.59. The van der Waals surface area contributed by atoms with E-state index in [1.165, 1.54) is 0 Å². The Morgan fingerprint density at radius 2 is 1.83 bits per heavy atom. The number of amides is 1. The summed E-state index contributed by atoms with van der Waals surface area (Å²) in [6, 6.07) is 9.45. The topological polar surface area (TPSA) is 55.4 Å². The number of hydrogen-bond donors (Lipinski definition) is 1. The second kappa shape index (κ2) is 6.19. The van der Waals surface area contributed by atoms with E-state index in [-0.39, 0.29) is 12.5 Å². The zero-order valence-corrected chi connectivity index (χ0v) is 11.0. The third-order valence-corrected chi connectivity index (χ3v) is 2.76. The molecule has 1 aromatic carbocycles. The number of ether oxygens (including phenoxy) is 1. The van der Waals surface area contributed by atoms with E-state index in [2.05, 4.69) is 5.32 Å². The van der Waals surface area contributed by atoms with Crippen molar-refractivity contribution in [3.63, 3.8) is 0 Å². The fraction of sp³-hybridized carbons (Fsp3) is 0.429. The van der Waals surface area contributed by atoms with Crippen LogP contribution in [0.4, 0.5) is 0 Å². The second-order valence-electron chi connectivity index (χ2n) is 4.48. The monoisotopic (exact) mass is 249 g/mol. The Hall–Kier alpha value is -1.84. The number of rotatable bonds is 5. The molecule has 18 heavy (non-hydrogen) atoms. The van der Waals surface area contributed by atoms with Gasteiger partial charge in [-0.3, -0.25) is 9.59 Å². The van der Waals surface area contributed by atoms with Gasteiger partial charge in [-0.25, -0.2) is 0 Å².